The minimum Gasteiger partial charge on any atom is -0.491 e. The molecule has 1 aliphatic rings. The van der Waals surface area contributed by atoms with Crippen LogP contribution in [0, 0.1) is 0 Å². The predicted octanol–water partition coefficient (Wildman–Crippen LogP) is 2.86. The Morgan fingerprint density at radius 3 is 3.00 bits per heavy atom. The molecule has 1 atom stereocenters. The van der Waals surface area contributed by atoms with Crippen molar-refractivity contribution in [2.24, 2.45) is 0 Å². The van der Waals surface area contributed by atoms with E-state index in [1.54, 1.807) is 0 Å². The summed E-state index contributed by atoms with van der Waals surface area (Å²) in [6, 6.07) is 5.94. The zero-order valence-electron chi connectivity index (χ0n) is 11.0. The highest BCUT2D eigenvalue weighted by Gasteiger charge is 2.20. The maximum Gasteiger partial charge on any atom is 0.119 e. The van der Waals surface area contributed by atoms with Crippen LogP contribution in [0.3, 0.4) is 0 Å². The quantitative estimate of drug-likeness (QED) is 0.756. The molecule has 3 nitrogen and oxygen atoms in total. The van der Waals surface area contributed by atoms with Gasteiger partial charge in [0.1, 0.15) is 12.4 Å². The van der Waals surface area contributed by atoms with E-state index in [1.807, 2.05) is 18.2 Å². The fraction of sp³-hybridized carbons (Fsp3) is 0.600. The van der Waals surface area contributed by atoms with Crippen molar-refractivity contribution in [2.45, 2.75) is 38.7 Å². The first-order valence-corrected chi connectivity index (χ1v) is 6.82. The van der Waals surface area contributed by atoms with Crippen molar-refractivity contribution in [1.82, 2.24) is 0 Å². The number of ether oxygens (including phenoxy) is 2. The molecule has 0 saturated carbocycles. The molecule has 1 aromatic rings. The third-order valence-electron chi connectivity index (χ3n) is 3.30. The molecule has 1 aliphatic carbocycles. The number of aliphatic hydroxyl groups is 1. The fourth-order valence-electron chi connectivity index (χ4n) is 2.23. The number of rotatable bonds is 7. The van der Waals surface area contributed by atoms with E-state index in [-0.39, 0.29) is 6.10 Å². The molecule has 1 N–H and O–H groups in total. The van der Waals surface area contributed by atoms with E-state index in [0.717, 1.165) is 43.6 Å². The summed E-state index contributed by atoms with van der Waals surface area (Å²) in [5.41, 5.74) is 2.27. The van der Waals surface area contributed by atoms with Gasteiger partial charge in [0.2, 0.25) is 0 Å². The van der Waals surface area contributed by atoms with Crippen molar-refractivity contribution in [3.8, 4) is 5.75 Å². The molecule has 1 unspecified atom stereocenters. The van der Waals surface area contributed by atoms with Gasteiger partial charge in [-0.1, -0.05) is 19.4 Å². The van der Waals surface area contributed by atoms with Crippen LogP contribution in [0.2, 0.25) is 0 Å². The summed E-state index contributed by atoms with van der Waals surface area (Å²) in [5, 5.41) is 9.71. The Bertz CT molecular complexity index is 376. The minimum absolute atomic E-state index is 0.286. The molecule has 100 valence electrons. The first-order chi connectivity index (χ1) is 8.81. The van der Waals surface area contributed by atoms with Gasteiger partial charge >= 0.3 is 0 Å². The van der Waals surface area contributed by atoms with E-state index < -0.39 is 0 Å². The van der Waals surface area contributed by atoms with Gasteiger partial charge in [0.25, 0.3) is 0 Å². The average Bonchev–Trinajstić information content (AvgIpc) is 2.75. The van der Waals surface area contributed by atoms with Crippen LogP contribution in [0.5, 0.6) is 5.75 Å². The number of unbranched alkanes of at least 4 members (excludes halogenated alkanes) is 1. The molecule has 0 fully saturated rings. The van der Waals surface area contributed by atoms with Crippen molar-refractivity contribution in [1.29, 1.82) is 0 Å². The van der Waals surface area contributed by atoms with E-state index in [2.05, 4.69) is 6.92 Å². The van der Waals surface area contributed by atoms with Gasteiger partial charge in [-0.05, 0) is 42.5 Å². The molecular weight excluding hydrogens is 228 g/mol. The Hall–Kier alpha value is -1.06. The predicted molar refractivity (Wildman–Crippen MR) is 70.9 cm³/mol. The van der Waals surface area contributed by atoms with E-state index in [0.29, 0.717) is 13.2 Å². The fourth-order valence-corrected chi connectivity index (χ4v) is 2.23. The Morgan fingerprint density at radius 1 is 1.28 bits per heavy atom. The Labute approximate surface area is 109 Å². The van der Waals surface area contributed by atoms with Crippen LogP contribution in [0.1, 0.15) is 43.4 Å². The van der Waals surface area contributed by atoms with Crippen molar-refractivity contribution in [3.05, 3.63) is 29.3 Å². The SMILES string of the molecule is CCCCOCCOc1ccc2c(c1)CCC2O. The summed E-state index contributed by atoms with van der Waals surface area (Å²) in [6.45, 7) is 4.19. The standard InChI is InChI=1S/C15H22O3/c1-2-3-8-17-9-10-18-13-5-6-14-12(11-13)4-7-15(14)16/h5-6,11,15-16H,2-4,7-10H2,1H3. The average molecular weight is 250 g/mol. The molecule has 0 saturated heterocycles. The largest absolute Gasteiger partial charge is 0.491 e. The molecule has 0 heterocycles. The van der Waals surface area contributed by atoms with Crippen molar-refractivity contribution in [2.75, 3.05) is 19.8 Å². The first kappa shape index (κ1) is 13.4. The maximum atomic E-state index is 9.71. The van der Waals surface area contributed by atoms with Crippen LogP contribution in [0.4, 0.5) is 0 Å². The number of fused-ring (bicyclic) bond motifs is 1. The van der Waals surface area contributed by atoms with Gasteiger partial charge in [-0.3, -0.25) is 0 Å². The molecule has 0 amide bonds. The molecule has 2 rings (SSSR count). The topological polar surface area (TPSA) is 38.7 Å². The molecule has 1 aromatic carbocycles. The maximum absolute atomic E-state index is 9.71. The normalized spacial score (nSPS) is 17.8. The van der Waals surface area contributed by atoms with Crippen LogP contribution in [-0.2, 0) is 11.2 Å². The van der Waals surface area contributed by atoms with Crippen LogP contribution >= 0.6 is 0 Å². The summed E-state index contributed by atoms with van der Waals surface area (Å²) in [7, 11) is 0. The van der Waals surface area contributed by atoms with E-state index in [1.165, 1.54) is 5.56 Å². The highest BCUT2D eigenvalue weighted by molar-refractivity contribution is 5.39. The first-order valence-electron chi connectivity index (χ1n) is 6.82. The van der Waals surface area contributed by atoms with Gasteiger partial charge in [-0.15, -0.1) is 0 Å². The second-order valence-corrected chi connectivity index (χ2v) is 4.73. The molecule has 0 spiro atoms. The molecule has 0 aliphatic heterocycles. The van der Waals surface area contributed by atoms with Gasteiger partial charge in [-0.2, -0.15) is 0 Å². The van der Waals surface area contributed by atoms with Crippen molar-refractivity contribution >= 4 is 0 Å². The van der Waals surface area contributed by atoms with E-state index in [4.69, 9.17) is 9.47 Å². The second-order valence-electron chi connectivity index (χ2n) is 4.73. The summed E-state index contributed by atoms with van der Waals surface area (Å²) in [4.78, 5) is 0. The van der Waals surface area contributed by atoms with E-state index in [9.17, 15) is 5.11 Å². The zero-order valence-corrected chi connectivity index (χ0v) is 11.0. The van der Waals surface area contributed by atoms with Gasteiger partial charge in [-0.25, -0.2) is 0 Å². The summed E-state index contributed by atoms with van der Waals surface area (Å²) >= 11 is 0. The second kappa shape index (κ2) is 6.76. The lowest BCUT2D eigenvalue weighted by Gasteiger charge is -2.09. The molecular formula is C15H22O3. The molecule has 0 bridgehead atoms. The number of aryl methyl sites for hydroxylation is 1. The monoisotopic (exact) mass is 250 g/mol. The van der Waals surface area contributed by atoms with E-state index >= 15 is 0 Å². The molecule has 3 heteroatoms. The van der Waals surface area contributed by atoms with Crippen molar-refractivity contribution in [3.63, 3.8) is 0 Å². The third-order valence-corrected chi connectivity index (χ3v) is 3.30. The summed E-state index contributed by atoms with van der Waals surface area (Å²) in [6.07, 6.45) is 3.76. The van der Waals surface area contributed by atoms with Crippen LogP contribution in [-0.4, -0.2) is 24.9 Å². The number of aliphatic hydroxyl groups excluding tert-OH is 1. The van der Waals surface area contributed by atoms with Gasteiger partial charge in [0.05, 0.1) is 12.7 Å². The smallest absolute Gasteiger partial charge is 0.119 e. The molecule has 18 heavy (non-hydrogen) atoms. The number of hydrogen-bond acceptors (Lipinski definition) is 3. The Balaban J connectivity index is 1.74. The Morgan fingerprint density at radius 2 is 2.17 bits per heavy atom. The van der Waals surface area contributed by atoms with Crippen LogP contribution in [0.25, 0.3) is 0 Å². The molecule has 0 radical (unpaired) electrons. The highest BCUT2D eigenvalue weighted by Crippen LogP contribution is 2.33. The lowest BCUT2D eigenvalue weighted by atomic mass is 10.1. The van der Waals surface area contributed by atoms with Crippen LogP contribution < -0.4 is 4.74 Å². The zero-order chi connectivity index (χ0) is 12.8. The molecule has 0 aromatic heterocycles. The lowest BCUT2D eigenvalue weighted by Crippen LogP contribution is -2.07. The number of benzene rings is 1. The van der Waals surface area contributed by atoms with Gasteiger partial charge in [0, 0.05) is 6.61 Å². The minimum atomic E-state index is -0.286. The summed E-state index contributed by atoms with van der Waals surface area (Å²) < 4.78 is 11.1. The summed E-state index contributed by atoms with van der Waals surface area (Å²) in [5.74, 6) is 0.877. The lowest BCUT2D eigenvalue weighted by molar-refractivity contribution is 0.0980. The highest BCUT2D eigenvalue weighted by atomic mass is 16.5. The Kier molecular flexibility index (Phi) is 5.02. The third kappa shape index (κ3) is 3.47. The van der Waals surface area contributed by atoms with Gasteiger partial charge < -0.3 is 14.6 Å². The van der Waals surface area contributed by atoms with Gasteiger partial charge in [0.15, 0.2) is 0 Å². The van der Waals surface area contributed by atoms with Crippen LogP contribution in [0.15, 0.2) is 18.2 Å². The number of hydrogen-bond donors (Lipinski definition) is 1. The van der Waals surface area contributed by atoms with Crippen molar-refractivity contribution < 1.29 is 14.6 Å².